The first kappa shape index (κ1) is 21.3. The van der Waals surface area contributed by atoms with Gasteiger partial charge in [-0.3, -0.25) is 13.9 Å². The molecule has 1 heterocycles. The molecule has 8 nitrogen and oxygen atoms in total. The predicted octanol–water partition coefficient (Wildman–Crippen LogP) is 1.07. The van der Waals surface area contributed by atoms with E-state index in [2.05, 4.69) is 5.32 Å². The van der Waals surface area contributed by atoms with Crippen LogP contribution in [0.1, 0.15) is 37.7 Å². The number of aryl methyl sites for hydroxylation is 1. The Morgan fingerprint density at radius 2 is 1.83 bits per heavy atom. The molecule has 1 aliphatic carbocycles. The molecule has 1 aliphatic heterocycles. The molecule has 0 aromatic heterocycles. The summed E-state index contributed by atoms with van der Waals surface area (Å²) in [6.07, 6.45) is 5.68. The Hall–Kier alpha value is -2.39. The minimum Gasteiger partial charge on any atom is -0.343 e. The maximum atomic E-state index is 13.1. The van der Waals surface area contributed by atoms with E-state index in [4.69, 9.17) is 5.73 Å². The van der Waals surface area contributed by atoms with Gasteiger partial charge in [-0.15, -0.1) is 0 Å². The highest BCUT2D eigenvalue weighted by Crippen LogP contribution is 2.25. The topological polar surface area (TPSA) is 113 Å². The Bertz CT molecular complexity index is 890. The molecule has 0 bridgehead atoms. The van der Waals surface area contributed by atoms with Crippen LogP contribution in [-0.4, -0.2) is 54.6 Å². The molecule has 0 radical (unpaired) electrons. The number of hydrogen-bond acceptors (Lipinski definition) is 5. The molecule has 2 amide bonds. The highest BCUT2D eigenvalue weighted by atomic mass is 32.2. The van der Waals surface area contributed by atoms with E-state index in [9.17, 15) is 18.0 Å². The summed E-state index contributed by atoms with van der Waals surface area (Å²) in [5, 5.41) is 2.51. The van der Waals surface area contributed by atoms with Crippen molar-refractivity contribution in [3.63, 3.8) is 0 Å². The van der Waals surface area contributed by atoms with E-state index in [0.717, 1.165) is 35.6 Å². The van der Waals surface area contributed by atoms with Crippen LogP contribution in [0.4, 0.5) is 0 Å². The Labute approximate surface area is 171 Å². The van der Waals surface area contributed by atoms with Crippen LogP contribution in [0.3, 0.4) is 0 Å². The second kappa shape index (κ2) is 8.54. The summed E-state index contributed by atoms with van der Waals surface area (Å²) in [7, 11) is -2.26. The van der Waals surface area contributed by atoms with Crippen molar-refractivity contribution < 1.29 is 18.0 Å². The number of nitrogens with two attached hydrogens (primary N) is 1. The van der Waals surface area contributed by atoms with Crippen molar-refractivity contribution in [1.82, 2.24) is 14.5 Å². The summed E-state index contributed by atoms with van der Waals surface area (Å²) in [5.41, 5.74) is 6.86. The molecule has 1 saturated carbocycles. The van der Waals surface area contributed by atoms with Gasteiger partial charge >= 0.3 is 0 Å². The molecular formula is C20H28N4O4S. The molecular weight excluding hydrogens is 392 g/mol. The van der Waals surface area contributed by atoms with Gasteiger partial charge in [-0.2, -0.15) is 0 Å². The highest BCUT2D eigenvalue weighted by Gasteiger charge is 2.38. The van der Waals surface area contributed by atoms with Gasteiger partial charge in [0.05, 0.1) is 11.3 Å². The maximum absolute atomic E-state index is 13.1. The quantitative estimate of drug-likeness (QED) is 0.740. The molecule has 0 spiro atoms. The van der Waals surface area contributed by atoms with Crippen molar-refractivity contribution >= 4 is 21.8 Å². The van der Waals surface area contributed by atoms with Crippen LogP contribution in [0.15, 0.2) is 41.6 Å². The summed E-state index contributed by atoms with van der Waals surface area (Å²) in [4.78, 5) is 27.0. The number of benzene rings is 1. The van der Waals surface area contributed by atoms with E-state index in [1.165, 1.54) is 24.5 Å². The van der Waals surface area contributed by atoms with Gasteiger partial charge in [-0.25, -0.2) is 8.42 Å². The number of carbonyl (C=O) groups is 2. The van der Waals surface area contributed by atoms with Crippen LogP contribution in [-0.2, 0) is 19.6 Å². The summed E-state index contributed by atoms with van der Waals surface area (Å²) in [5.74, 6) is -0.777. The van der Waals surface area contributed by atoms with Gasteiger partial charge in [-0.05, 0) is 44.7 Å². The van der Waals surface area contributed by atoms with Crippen molar-refractivity contribution in [2.24, 2.45) is 5.73 Å². The zero-order valence-corrected chi connectivity index (χ0v) is 17.6. The monoisotopic (exact) mass is 420 g/mol. The largest absolute Gasteiger partial charge is 0.343 e. The van der Waals surface area contributed by atoms with Gasteiger partial charge < -0.3 is 16.0 Å². The molecule has 3 rings (SSSR count). The predicted molar refractivity (Wildman–Crippen MR) is 109 cm³/mol. The molecule has 29 heavy (non-hydrogen) atoms. The Morgan fingerprint density at radius 3 is 2.45 bits per heavy atom. The van der Waals surface area contributed by atoms with Crippen LogP contribution in [0.25, 0.3) is 0 Å². The molecule has 1 aromatic rings. The zero-order chi connectivity index (χ0) is 21.2. The third-order valence-electron chi connectivity index (χ3n) is 5.70. The number of rotatable bonds is 5. The fraction of sp³-hybridized carbons (Fsp3) is 0.500. The molecule has 2 aliphatic rings. The summed E-state index contributed by atoms with van der Waals surface area (Å²) < 4.78 is 27.2. The van der Waals surface area contributed by atoms with Crippen LogP contribution in [0, 0.1) is 6.92 Å². The lowest BCUT2D eigenvalue weighted by Gasteiger charge is -2.36. The number of sulfonamides is 1. The number of hydrogen-bond donors (Lipinski definition) is 2. The van der Waals surface area contributed by atoms with Crippen molar-refractivity contribution in [2.75, 3.05) is 7.05 Å². The lowest BCUT2D eigenvalue weighted by molar-refractivity contribution is -0.136. The van der Waals surface area contributed by atoms with Crippen molar-refractivity contribution in [3.05, 3.63) is 42.2 Å². The van der Waals surface area contributed by atoms with Gasteiger partial charge in [0.1, 0.15) is 6.04 Å². The number of nitrogens with one attached hydrogen (secondary N) is 1. The van der Waals surface area contributed by atoms with E-state index in [0.29, 0.717) is 0 Å². The van der Waals surface area contributed by atoms with E-state index >= 15 is 0 Å². The minimum atomic E-state index is -3.97. The van der Waals surface area contributed by atoms with Gasteiger partial charge in [-0.1, -0.05) is 17.7 Å². The van der Waals surface area contributed by atoms with E-state index in [1.54, 1.807) is 24.1 Å². The van der Waals surface area contributed by atoms with Crippen LogP contribution < -0.4 is 11.1 Å². The molecule has 1 fully saturated rings. The van der Waals surface area contributed by atoms with Gasteiger partial charge in [0.25, 0.3) is 10.0 Å². The molecule has 1 aromatic carbocycles. The van der Waals surface area contributed by atoms with E-state index in [1.807, 2.05) is 6.92 Å². The second-order valence-corrected chi connectivity index (χ2v) is 9.61. The smallest absolute Gasteiger partial charge is 0.264 e. The average molecular weight is 421 g/mol. The Morgan fingerprint density at radius 1 is 1.21 bits per heavy atom. The van der Waals surface area contributed by atoms with E-state index < -0.39 is 22.0 Å². The zero-order valence-electron chi connectivity index (χ0n) is 16.7. The lowest BCUT2D eigenvalue weighted by Crippen LogP contribution is -2.52. The van der Waals surface area contributed by atoms with Crippen LogP contribution in [0.2, 0.25) is 0 Å². The molecule has 0 saturated heterocycles. The van der Waals surface area contributed by atoms with Crippen molar-refractivity contribution in [2.45, 2.75) is 62.0 Å². The van der Waals surface area contributed by atoms with Crippen LogP contribution >= 0.6 is 0 Å². The van der Waals surface area contributed by atoms with Crippen LogP contribution in [0.5, 0.6) is 0 Å². The van der Waals surface area contributed by atoms with Gasteiger partial charge in [0.15, 0.2) is 0 Å². The highest BCUT2D eigenvalue weighted by molar-refractivity contribution is 7.89. The maximum Gasteiger partial charge on any atom is 0.264 e. The third-order valence-corrected chi connectivity index (χ3v) is 7.50. The Balaban J connectivity index is 1.78. The summed E-state index contributed by atoms with van der Waals surface area (Å²) in [6.45, 7) is 1.86. The molecule has 9 heteroatoms. The van der Waals surface area contributed by atoms with Crippen molar-refractivity contribution in [3.8, 4) is 0 Å². The average Bonchev–Trinajstić information content (AvgIpc) is 2.69. The molecule has 0 unspecified atom stereocenters. The fourth-order valence-electron chi connectivity index (χ4n) is 3.77. The minimum absolute atomic E-state index is 0.0617. The SMILES string of the molecule is Cc1ccc(S(=O)(=O)N2C=CNC(=O)[C@H]2CC(=O)N(C)C2CCC(N)CC2)cc1. The third kappa shape index (κ3) is 4.62. The lowest BCUT2D eigenvalue weighted by atomic mass is 9.90. The van der Waals surface area contributed by atoms with Gasteiger partial charge in [0.2, 0.25) is 11.8 Å². The first-order valence-electron chi connectivity index (χ1n) is 9.78. The summed E-state index contributed by atoms with van der Waals surface area (Å²) in [6, 6.07) is 5.49. The Kier molecular flexibility index (Phi) is 6.28. The standard InChI is InChI=1S/C20H28N4O4S/c1-14-3-9-17(10-4-14)29(27,28)24-12-11-22-20(26)18(24)13-19(25)23(2)16-7-5-15(21)6-8-16/h3-4,9-12,15-16,18H,5-8,13,21H2,1-2H3,(H,22,26)/t15?,16?,18-/m1/s1. The van der Waals surface area contributed by atoms with Crippen molar-refractivity contribution in [1.29, 1.82) is 0 Å². The second-order valence-electron chi connectivity index (χ2n) is 7.77. The first-order valence-corrected chi connectivity index (χ1v) is 11.2. The van der Waals surface area contributed by atoms with Gasteiger partial charge in [0, 0.05) is 31.5 Å². The number of amides is 2. The fourth-order valence-corrected chi connectivity index (χ4v) is 5.22. The number of carbonyl (C=O) groups excluding carboxylic acids is 2. The van der Waals surface area contributed by atoms with E-state index in [-0.39, 0.29) is 29.3 Å². The molecule has 158 valence electrons. The molecule has 1 atom stereocenters. The first-order chi connectivity index (χ1) is 13.7. The normalized spacial score (nSPS) is 24.9. The summed E-state index contributed by atoms with van der Waals surface area (Å²) >= 11 is 0. The number of nitrogens with zero attached hydrogens (tertiary/aromatic N) is 2. The molecule has 3 N–H and O–H groups in total.